The summed E-state index contributed by atoms with van der Waals surface area (Å²) in [6, 6.07) is 22.4. The number of halogens is 1. The molecule has 3 aromatic carbocycles. The SMILES string of the molecule is O=C(Nc1ccccc1)Nc1ccc(C(=O)NCCOc2ccc(Cl)cc2)cc1. The highest BCUT2D eigenvalue weighted by Crippen LogP contribution is 2.15. The van der Waals surface area contributed by atoms with Crippen LogP contribution in [0, 0.1) is 0 Å². The van der Waals surface area contributed by atoms with Crippen LogP contribution in [0.25, 0.3) is 0 Å². The van der Waals surface area contributed by atoms with Gasteiger partial charge in [-0.15, -0.1) is 0 Å². The number of nitrogens with one attached hydrogen (secondary N) is 3. The van der Waals surface area contributed by atoms with E-state index in [1.54, 1.807) is 60.7 Å². The van der Waals surface area contributed by atoms with E-state index in [-0.39, 0.29) is 11.9 Å². The number of ether oxygens (including phenoxy) is 1. The van der Waals surface area contributed by atoms with Crippen molar-refractivity contribution in [3.8, 4) is 5.75 Å². The van der Waals surface area contributed by atoms with Gasteiger partial charge in [0.05, 0.1) is 6.54 Å². The molecule has 0 fully saturated rings. The topological polar surface area (TPSA) is 79.5 Å². The van der Waals surface area contributed by atoms with Crippen LogP contribution in [0.4, 0.5) is 16.2 Å². The number of amides is 3. The van der Waals surface area contributed by atoms with Gasteiger partial charge in [0.2, 0.25) is 0 Å². The Morgan fingerprint density at radius 2 is 1.41 bits per heavy atom. The molecular weight excluding hydrogens is 390 g/mol. The molecule has 0 bridgehead atoms. The Morgan fingerprint density at radius 1 is 0.793 bits per heavy atom. The van der Waals surface area contributed by atoms with Gasteiger partial charge in [-0.05, 0) is 60.7 Å². The third-order valence-corrected chi connectivity index (χ3v) is 4.16. The minimum absolute atomic E-state index is 0.218. The zero-order chi connectivity index (χ0) is 20.5. The molecule has 0 spiro atoms. The van der Waals surface area contributed by atoms with Crippen LogP contribution in [-0.4, -0.2) is 25.1 Å². The van der Waals surface area contributed by atoms with Gasteiger partial charge in [-0.25, -0.2) is 4.79 Å². The predicted octanol–water partition coefficient (Wildman–Crippen LogP) is 4.79. The van der Waals surface area contributed by atoms with E-state index in [2.05, 4.69) is 16.0 Å². The maximum atomic E-state index is 12.2. The molecule has 0 saturated carbocycles. The smallest absolute Gasteiger partial charge is 0.323 e. The predicted molar refractivity (Wildman–Crippen MR) is 115 cm³/mol. The highest BCUT2D eigenvalue weighted by Gasteiger charge is 2.07. The standard InChI is InChI=1S/C22H20ClN3O3/c23-17-8-12-20(13-9-17)29-15-14-24-21(27)16-6-10-19(11-7-16)26-22(28)25-18-4-2-1-3-5-18/h1-13H,14-15H2,(H,24,27)(H2,25,26,28). The van der Waals surface area contributed by atoms with Crippen LogP contribution in [0.2, 0.25) is 5.02 Å². The number of urea groups is 1. The molecule has 0 aromatic heterocycles. The van der Waals surface area contributed by atoms with Gasteiger partial charge in [-0.2, -0.15) is 0 Å². The van der Waals surface area contributed by atoms with Gasteiger partial charge in [-0.3, -0.25) is 4.79 Å². The summed E-state index contributed by atoms with van der Waals surface area (Å²) in [4.78, 5) is 24.2. The van der Waals surface area contributed by atoms with Crippen LogP contribution >= 0.6 is 11.6 Å². The number of benzene rings is 3. The van der Waals surface area contributed by atoms with Crippen molar-refractivity contribution in [1.29, 1.82) is 0 Å². The lowest BCUT2D eigenvalue weighted by Gasteiger charge is -2.09. The van der Waals surface area contributed by atoms with Crippen LogP contribution in [0.3, 0.4) is 0 Å². The van der Waals surface area contributed by atoms with Crippen molar-refractivity contribution >= 4 is 34.9 Å². The fraction of sp³-hybridized carbons (Fsp3) is 0.0909. The molecule has 0 atom stereocenters. The summed E-state index contributed by atoms with van der Waals surface area (Å²) in [5, 5.41) is 8.87. The largest absolute Gasteiger partial charge is 0.492 e. The first-order chi connectivity index (χ1) is 14.1. The molecule has 0 aliphatic rings. The summed E-state index contributed by atoms with van der Waals surface area (Å²) in [5.41, 5.74) is 1.77. The summed E-state index contributed by atoms with van der Waals surface area (Å²) in [5.74, 6) is 0.470. The fourth-order valence-corrected chi connectivity index (χ4v) is 2.61. The Hall–Kier alpha value is -3.51. The molecule has 0 unspecified atom stereocenters. The lowest BCUT2D eigenvalue weighted by Crippen LogP contribution is -2.28. The van der Waals surface area contributed by atoms with Crippen molar-refractivity contribution < 1.29 is 14.3 Å². The summed E-state index contributed by atoms with van der Waals surface area (Å²) in [6.45, 7) is 0.702. The molecule has 6 nitrogen and oxygen atoms in total. The Bertz CT molecular complexity index is 945. The van der Waals surface area contributed by atoms with Crippen molar-refractivity contribution in [3.63, 3.8) is 0 Å². The fourth-order valence-electron chi connectivity index (χ4n) is 2.49. The third-order valence-electron chi connectivity index (χ3n) is 3.91. The first-order valence-electron chi connectivity index (χ1n) is 9.00. The molecule has 148 valence electrons. The molecule has 0 aliphatic heterocycles. The van der Waals surface area contributed by atoms with Crippen molar-refractivity contribution in [3.05, 3.63) is 89.4 Å². The molecule has 0 saturated heterocycles. The number of para-hydroxylation sites is 1. The quantitative estimate of drug-likeness (QED) is 0.491. The average Bonchev–Trinajstić information content (AvgIpc) is 2.73. The molecular formula is C22H20ClN3O3. The van der Waals surface area contributed by atoms with Gasteiger partial charge in [0.25, 0.3) is 5.91 Å². The van der Waals surface area contributed by atoms with E-state index >= 15 is 0 Å². The van der Waals surface area contributed by atoms with E-state index in [1.165, 1.54) is 0 Å². The molecule has 0 heterocycles. The second kappa shape index (κ2) is 10.1. The Labute approximate surface area is 173 Å². The number of anilines is 2. The lowest BCUT2D eigenvalue weighted by molar-refractivity contribution is 0.0947. The van der Waals surface area contributed by atoms with E-state index in [0.29, 0.717) is 40.9 Å². The van der Waals surface area contributed by atoms with Crippen molar-refractivity contribution in [2.45, 2.75) is 0 Å². The van der Waals surface area contributed by atoms with Crippen molar-refractivity contribution in [2.75, 3.05) is 23.8 Å². The molecule has 0 aliphatic carbocycles. The van der Waals surface area contributed by atoms with E-state index in [9.17, 15) is 9.59 Å². The second-order valence-corrected chi connectivity index (χ2v) is 6.52. The minimum Gasteiger partial charge on any atom is -0.492 e. The molecule has 3 aromatic rings. The first kappa shape index (κ1) is 20.2. The zero-order valence-electron chi connectivity index (χ0n) is 15.5. The summed E-state index contributed by atoms with van der Waals surface area (Å²) >= 11 is 5.82. The van der Waals surface area contributed by atoms with Gasteiger partial charge in [0, 0.05) is 22.0 Å². The van der Waals surface area contributed by atoms with Crippen LogP contribution in [0.1, 0.15) is 10.4 Å². The van der Waals surface area contributed by atoms with Gasteiger partial charge >= 0.3 is 6.03 Å². The first-order valence-corrected chi connectivity index (χ1v) is 9.37. The second-order valence-electron chi connectivity index (χ2n) is 6.08. The van der Waals surface area contributed by atoms with E-state index in [0.717, 1.165) is 0 Å². The Morgan fingerprint density at radius 3 is 2.07 bits per heavy atom. The van der Waals surface area contributed by atoms with Gasteiger partial charge in [0.1, 0.15) is 12.4 Å². The molecule has 3 N–H and O–H groups in total. The molecule has 7 heteroatoms. The molecule has 3 rings (SSSR count). The zero-order valence-corrected chi connectivity index (χ0v) is 16.3. The van der Waals surface area contributed by atoms with Gasteiger partial charge in [0.15, 0.2) is 0 Å². The van der Waals surface area contributed by atoms with Crippen LogP contribution in [0.15, 0.2) is 78.9 Å². The normalized spacial score (nSPS) is 10.1. The molecule has 3 amide bonds. The van der Waals surface area contributed by atoms with Gasteiger partial charge < -0.3 is 20.7 Å². The number of carbonyl (C=O) groups is 2. The van der Waals surface area contributed by atoms with Crippen LogP contribution in [-0.2, 0) is 0 Å². The van der Waals surface area contributed by atoms with E-state index in [4.69, 9.17) is 16.3 Å². The number of carbonyl (C=O) groups excluding carboxylic acids is 2. The Kier molecular flexibility index (Phi) is 7.08. The minimum atomic E-state index is -0.354. The lowest BCUT2D eigenvalue weighted by atomic mass is 10.2. The summed E-state index contributed by atoms with van der Waals surface area (Å²) in [6.07, 6.45) is 0. The number of hydrogen-bond acceptors (Lipinski definition) is 3. The maximum absolute atomic E-state index is 12.2. The Balaban J connectivity index is 1.42. The highest BCUT2D eigenvalue weighted by molar-refractivity contribution is 6.30. The third kappa shape index (κ3) is 6.55. The number of rotatable bonds is 7. The summed E-state index contributed by atoms with van der Waals surface area (Å²) in [7, 11) is 0. The van der Waals surface area contributed by atoms with Crippen molar-refractivity contribution in [1.82, 2.24) is 5.32 Å². The van der Waals surface area contributed by atoms with Crippen molar-refractivity contribution in [2.24, 2.45) is 0 Å². The average molecular weight is 410 g/mol. The summed E-state index contributed by atoms with van der Waals surface area (Å²) < 4.78 is 5.53. The van der Waals surface area contributed by atoms with Gasteiger partial charge in [-0.1, -0.05) is 29.8 Å². The monoisotopic (exact) mass is 409 g/mol. The molecule has 0 radical (unpaired) electrons. The van der Waals surface area contributed by atoms with E-state index < -0.39 is 0 Å². The highest BCUT2D eigenvalue weighted by atomic mass is 35.5. The molecule has 29 heavy (non-hydrogen) atoms. The van der Waals surface area contributed by atoms with Crippen LogP contribution < -0.4 is 20.7 Å². The van der Waals surface area contributed by atoms with E-state index in [1.807, 2.05) is 18.2 Å². The van der Waals surface area contributed by atoms with Crippen LogP contribution in [0.5, 0.6) is 5.75 Å². The maximum Gasteiger partial charge on any atom is 0.323 e. The number of hydrogen-bond donors (Lipinski definition) is 3.